The molecule has 0 atom stereocenters. The molecule has 96 valence electrons. The number of hydrogen-bond donors (Lipinski definition) is 1. The third-order valence-corrected chi connectivity index (χ3v) is 2.50. The lowest BCUT2D eigenvalue weighted by atomic mass is 10.0. The van der Waals surface area contributed by atoms with Crippen molar-refractivity contribution in [1.29, 1.82) is 0 Å². The Morgan fingerprint density at radius 2 is 1.94 bits per heavy atom. The molecule has 1 heterocycles. The molecule has 6 heteroatoms. The van der Waals surface area contributed by atoms with Crippen LogP contribution in [0.2, 0.25) is 0 Å². The summed E-state index contributed by atoms with van der Waals surface area (Å²) >= 11 is 0. The van der Waals surface area contributed by atoms with Crippen molar-refractivity contribution in [3.8, 4) is 11.3 Å². The van der Waals surface area contributed by atoms with Crippen molar-refractivity contribution in [3.63, 3.8) is 0 Å². The smallest absolute Gasteiger partial charge is 0.417 e. The number of aryl methyl sites for hydroxylation is 1. The number of benzene rings is 1. The molecule has 0 radical (unpaired) electrons. The van der Waals surface area contributed by atoms with Gasteiger partial charge in [-0.05, 0) is 13.0 Å². The summed E-state index contributed by atoms with van der Waals surface area (Å²) in [4.78, 5) is 3.98. The minimum absolute atomic E-state index is 0.00551. The average Bonchev–Trinajstić information content (AvgIpc) is 2.69. The van der Waals surface area contributed by atoms with E-state index in [4.69, 9.17) is 10.2 Å². The van der Waals surface area contributed by atoms with Crippen LogP contribution in [0.3, 0.4) is 0 Å². The van der Waals surface area contributed by atoms with Crippen molar-refractivity contribution in [1.82, 2.24) is 4.98 Å². The molecular weight excluding hydrogens is 245 g/mol. The third-order valence-electron chi connectivity index (χ3n) is 2.50. The maximum absolute atomic E-state index is 12.9. The zero-order chi connectivity index (χ0) is 13.3. The fraction of sp³-hybridized carbons (Fsp3) is 0.250. The summed E-state index contributed by atoms with van der Waals surface area (Å²) in [6.45, 7) is 1.61. The van der Waals surface area contributed by atoms with Crippen molar-refractivity contribution in [3.05, 3.63) is 41.5 Å². The second-order valence-electron chi connectivity index (χ2n) is 3.76. The fourth-order valence-electron chi connectivity index (χ4n) is 1.73. The van der Waals surface area contributed by atoms with Crippen molar-refractivity contribution < 1.29 is 17.6 Å². The summed E-state index contributed by atoms with van der Waals surface area (Å²) in [7, 11) is 0. The molecule has 0 saturated heterocycles. The Labute approximate surface area is 101 Å². The molecule has 0 fully saturated rings. The van der Waals surface area contributed by atoms with Gasteiger partial charge in [-0.1, -0.05) is 18.2 Å². The Bertz CT molecular complexity index is 561. The maximum Gasteiger partial charge on any atom is 0.417 e. The van der Waals surface area contributed by atoms with Crippen LogP contribution in [0.4, 0.5) is 13.2 Å². The lowest BCUT2D eigenvalue weighted by Gasteiger charge is -2.10. The van der Waals surface area contributed by atoms with Crippen LogP contribution in [0.5, 0.6) is 0 Å². The van der Waals surface area contributed by atoms with Crippen molar-refractivity contribution in [2.24, 2.45) is 5.73 Å². The van der Waals surface area contributed by atoms with Gasteiger partial charge in [-0.2, -0.15) is 13.2 Å². The van der Waals surface area contributed by atoms with Gasteiger partial charge in [-0.25, -0.2) is 4.98 Å². The second-order valence-corrected chi connectivity index (χ2v) is 3.76. The molecule has 3 nitrogen and oxygen atoms in total. The first-order chi connectivity index (χ1) is 8.43. The maximum atomic E-state index is 12.9. The molecule has 1 aromatic carbocycles. The van der Waals surface area contributed by atoms with E-state index in [1.807, 2.05) is 0 Å². The SMILES string of the molecule is Cc1oc(CN)nc1-c1ccccc1C(F)(F)F. The van der Waals surface area contributed by atoms with Crippen LogP contribution in [0.15, 0.2) is 28.7 Å². The van der Waals surface area contributed by atoms with Gasteiger partial charge in [-0.15, -0.1) is 0 Å². The van der Waals surface area contributed by atoms with Crippen molar-refractivity contribution >= 4 is 0 Å². The van der Waals surface area contributed by atoms with E-state index in [-0.39, 0.29) is 23.7 Å². The van der Waals surface area contributed by atoms with E-state index in [1.165, 1.54) is 18.2 Å². The second kappa shape index (κ2) is 4.45. The molecule has 0 aliphatic heterocycles. The van der Waals surface area contributed by atoms with Gasteiger partial charge >= 0.3 is 6.18 Å². The molecule has 1 aromatic heterocycles. The largest absolute Gasteiger partial charge is 0.444 e. The molecule has 2 N–H and O–H groups in total. The van der Waals surface area contributed by atoms with Crippen LogP contribution in [-0.2, 0) is 12.7 Å². The molecule has 2 rings (SSSR count). The predicted molar refractivity (Wildman–Crippen MR) is 59.6 cm³/mol. The van der Waals surface area contributed by atoms with Gasteiger partial charge in [0.15, 0.2) is 0 Å². The molecule has 0 saturated carbocycles. The minimum Gasteiger partial charge on any atom is -0.444 e. The highest BCUT2D eigenvalue weighted by molar-refractivity contribution is 5.66. The summed E-state index contributed by atoms with van der Waals surface area (Å²) in [5, 5.41) is 0. The monoisotopic (exact) mass is 256 g/mol. The molecule has 0 spiro atoms. The number of rotatable bonds is 2. The Morgan fingerprint density at radius 3 is 2.50 bits per heavy atom. The normalized spacial score (nSPS) is 11.8. The summed E-state index contributed by atoms with van der Waals surface area (Å²) in [5.41, 5.74) is 4.81. The highest BCUT2D eigenvalue weighted by atomic mass is 19.4. The van der Waals surface area contributed by atoms with E-state index in [2.05, 4.69) is 4.98 Å². The number of oxazole rings is 1. The van der Waals surface area contributed by atoms with Gasteiger partial charge in [0.2, 0.25) is 5.89 Å². The van der Waals surface area contributed by atoms with Gasteiger partial charge in [-0.3, -0.25) is 0 Å². The average molecular weight is 256 g/mol. The highest BCUT2D eigenvalue weighted by Gasteiger charge is 2.34. The fourth-order valence-corrected chi connectivity index (χ4v) is 1.73. The van der Waals surface area contributed by atoms with Crippen molar-refractivity contribution in [2.45, 2.75) is 19.6 Å². The Morgan fingerprint density at radius 1 is 1.28 bits per heavy atom. The quantitative estimate of drug-likeness (QED) is 0.898. The topological polar surface area (TPSA) is 52.0 Å². The van der Waals surface area contributed by atoms with Crippen LogP contribution in [0.1, 0.15) is 17.2 Å². The summed E-state index contributed by atoms with van der Waals surface area (Å²) in [6.07, 6.45) is -4.43. The molecular formula is C12H11F3N2O. The Kier molecular flexibility index (Phi) is 3.13. The van der Waals surface area contributed by atoms with Crippen LogP contribution >= 0.6 is 0 Å². The van der Waals surface area contributed by atoms with E-state index >= 15 is 0 Å². The van der Waals surface area contributed by atoms with E-state index in [9.17, 15) is 13.2 Å². The zero-order valence-corrected chi connectivity index (χ0v) is 9.58. The van der Waals surface area contributed by atoms with E-state index in [0.29, 0.717) is 5.76 Å². The number of halogens is 3. The number of aromatic nitrogens is 1. The van der Waals surface area contributed by atoms with E-state index in [1.54, 1.807) is 6.92 Å². The summed E-state index contributed by atoms with van der Waals surface area (Å²) in [6, 6.07) is 5.26. The van der Waals surface area contributed by atoms with Gasteiger partial charge in [0.1, 0.15) is 11.5 Å². The molecule has 0 aliphatic rings. The first kappa shape index (κ1) is 12.6. The van der Waals surface area contributed by atoms with Gasteiger partial charge in [0.25, 0.3) is 0 Å². The first-order valence-electron chi connectivity index (χ1n) is 5.26. The highest BCUT2D eigenvalue weighted by Crippen LogP contribution is 2.37. The first-order valence-corrected chi connectivity index (χ1v) is 5.26. The number of alkyl halides is 3. The summed E-state index contributed by atoms with van der Waals surface area (Å²) < 4.78 is 43.8. The van der Waals surface area contributed by atoms with Crippen LogP contribution in [0, 0.1) is 6.92 Å². The summed E-state index contributed by atoms with van der Waals surface area (Å²) in [5.74, 6) is 0.548. The molecule has 2 aromatic rings. The van der Waals surface area contributed by atoms with Gasteiger partial charge in [0, 0.05) is 5.56 Å². The molecule has 0 aliphatic carbocycles. The lowest BCUT2D eigenvalue weighted by molar-refractivity contribution is -0.137. The van der Waals surface area contributed by atoms with Crippen LogP contribution in [-0.4, -0.2) is 4.98 Å². The Balaban J connectivity index is 2.60. The van der Waals surface area contributed by atoms with Crippen LogP contribution in [0.25, 0.3) is 11.3 Å². The minimum atomic E-state index is -4.43. The van der Waals surface area contributed by atoms with E-state index < -0.39 is 11.7 Å². The lowest BCUT2D eigenvalue weighted by Crippen LogP contribution is -2.07. The number of nitrogens with zero attached hydrogens (tertiary/aromatic N) is 1. The third kappa shape index (κ3) is 2.24. The van der Waals surface area contributed by atoms with Gasteiger partial charge < -0.3 is 10.2 Å². The molecule has 0 bridgehead atoms. The van der Waals surface area contributed by atoms with Gasteiger partial charge in [0.05, 0.1) is 12.1 Å². The zero-order valence-electron chi connectivity index (χ0n) is 9.58. The molecule has 18 heavy (non-hydrogen) atoms. The van der Waals surface area contributed by atoms with E-state index in [0.717, 1.165) is 6.07 Å². The van der Waals surface area contributed by atoms with Crippen LogP contribution < -0.4 is 5.73 Å². The Hall–Kier alpha value is -1.82. The number of hydrogen-bond acceptors (Lipinski definition) is 3. The van der Waals surface area contributed by atoms with Crippen molar-refractivity contribution in [2.75, 3.05) is 0 Å². The molecule has 0 amide bonds. The number of nitrogens with two attached hydrogens (primary N) is 1. The predicted octanol–water partition coefficient (Wildman–Crippen LogP) is 3.13. The molecule has 0 unspecified atom stereocenters. The standard InChI is InChI=1S/C12H11F3N2O/c1-7-11(17-10(6-16)18-7)8-4-2-3-5-9(8)12(13,14)15/h2-5H,6,16H2,1H3.